The van der Waals surface area contributed by atoms with Crippen molar-refractivity contribution in [2.45, 2.75) is 32.4 Å². The van der Waals surface area contributed by atoms with Crippen LogP contribution in [0.3, 0.4) is 0 Å². The van der Waals surface area contributed by atoms with E-state index in [0.29, 0.717) is 11.3 Å². The Balaban J connectivity index is 2.12. The molecule has 0 unspecified atom stereocenters. The van der Waals surface area contributed by atoms with Crippen LogP contribution in [-0.2, 0) is 30.1 Å². The molecular formula is C19H20F3NO5. The van der Waals surface area contributed by atoms with Gasteiger partial charge in [0.05, 0.1) is 30.4 Å². The summed E-state index contributed by atoms with van der Waals surface area (Å²) in [5, 5.41) is 3.99. The van der Waals surface area contributed by atoms with Gasteiger partial charge in [0.15, 0.2) is 5.41 Å². The number of nitrogens with zero attached hydrogens (tertiary/aromatic N) is 1. The highest BCUT2D eigenvalue weighted by molar-refractivity contribution is 6.12. The Morgan fingerprint density at radius 3 is 2.21 bits per heavy atom. The summed E-state index contributed by atoms with van der Waals surface area (Å²) in [4.78, 5) is 31.0. The third-order valence-electron chi connectivity index (χ3n) is 5.07. The Morgan fingerprint density at radius 1 is 1.14 bits per heavy atom. The van der Waals surface area contributed by atoms with Crippen molar-refractivity contribution in [3.8, 4) is 0 Å². The molecule has 1 aliphatic carbocycles. The van der Waals surface area contributed by atoms with E-state index >= 15 is 0 Å². The van der Waals surface area contributed by atoms with Crippen molar-refractivity contribution in [1.82, 2.24) is 0 Å². The summed E-state index contributed by atoms with van der Waals surface area (Å²) in [5.41, 5.74) is -1.74. The molecule has 0 aromatic heterocycles. The fourth-order valence-corrected chi connectivity index (χ4v) is 3.90. The van der Waals surface area contributed by atoms with E-state index in [0.717, 1.165) is 12.1 Å². The minimum absolute atomic E-state index is 0.0490. The molecule has 1 heterocycles. The van der Waals surface area contributed by atoms with Gasteiger partial charge in [0.1, 0.15) is 6.61 Å². The molecule has 9 heteroatoms. The molecule has 1 fully saturated rings. The number of esters is 2. The van der Waals surface area contributed by atoms with Gasteiger partial charge in [-0.1, -0.05) is 17.3 Å². The normalized spacial score (nSPS) is 22.8. The van der Waals surface area contributed by atoms with E-state index in [1.54, 1.807) is 13.8 Å². The van der Waals surface area contributed by atoms with Gasteiger partial charge in [-0.15, -0.1) is 0 Å². The van der Waals surface area contributed by atoms with E-state index in [2.05, 4.69) is 5.16 Å². The Hall–Kier alpha value is -2.58. The van der Waals surface area contributed by atoms with Crippen LogP contribution in [0.4, 0.5) is 13.2 Å². The standard InChI is InChI=1S/C19H20F3NO5/c1-3-26-16(24)18(17(25)27-4-2)9-12-10-28-23-15(12)14(18)11-5-7-13(8-6-11)19(20,21)22/h5-8,12,14H,3-4,9-10H2,1-2H3/t12-,14+/m1/s1. The van der Waals surface area contributed by atoms with E-state index in [1.807, 2.05) is 0 Å². The van der Waals surface area contributed by atoms with Crippen LogP contribution in [-0.4, -0.2) is 37.5 Å². The van der Waals surface area contributed by atoms with Crippen LogP contribution in [0.25, 0.3) is 0 Å². The zero-order valence-electron chi connectivity index (χ0n) is 15.4. The molecule has 0 spiro atoms. The second-order valence-electron chi connectivity index (χ2n) is 6.68. The molecule has 0 bridgehead atoms. The van der Waals surface area contributed by atoms with Gasteiger partial charge in [-0.25, -0.2) is 0 Å². The number of alkyl halides is 3. The number of oxime groups is 1. The highest BCUT2D eigenvalue weighted by Crippen LogP contribution is 2.54. The lowest BCUT2D eigenvalue weighted by molar-refractivity contribution is -0.173. The van der Waals surface area contributed by atoms with Crippen LogP contribution in [0.15, 0.2) is 29.4 Å². The molecule has 2 atom stereocenters. The molecule has 1 aromatic rings. The third kappa shape index (κ3) is 3.22. The summed E-state index contributed by atoms with van der Waals surface area (Å²) in [7, 11) is 0. The third-order valence-corrected chi connectivity index (χ3v) is 5.07. The number of carbonyl (C=O) groups is 2. The topological polar surface area (TPSA) is 74.2 Å². The lowest BCUT2D eigenvalue weighted by Crippen LogP contribution is -2.45. The molecule has 0 saturated heterocycles. The Labute approximate surface area is 159 Å². The highest BCUT2D eigenvalue weighted by Gasteiger charge is 2.65. The van der Waals surface area contributed by atoms with Crippen molar-refractivity contribution < 1.29 is 37.1 Å². The molecule has 3 rings (SSSR count). The predicted octanol–water partition coefficient (Wildman–Crippen LogP) is 3.31. The lowest BCUT2D eigenvalue weighted by Gasteiger charge is -2.31. The second kappa shape index (κ2) is 7.44. The molecule has 6 nitrogen and oxygen atoms in total. The van der Waals surface area contributed by atoms with Gasteiger partial charge in [0.2, 0.25) is 0 Å². The maximum atomic E-state index is 12.9. The number of hydrogen-bond donors (Lipinski definition) is 0. The fraction of sp³-hybridized carbons (Fsp3) is 0.526. The summed E-state index contributed by atoms with van der Waals surface area (Å²) < 4.78 is 49.1. The van der Waals surface area contributed by atoms with Crippen molar-refractivity contribution in [3.05, 3.63) is 35.4 Å². The van der Waals surface area contributed by atoms with Gasteiger partial charge in [0, 0.05) is 5.92 Å². The molecule has 1 aromatic carbocycles. The van der Waals surface area contributed by atoms with Gasteiger partial charge in [-0.2, -0.15) is 13.2 Å². The Kier molecular flexibility index (Phi) is 5.36. The van der Waals surface area contributed by atoms with Gasteiger partial charge < -0.3 is 14.3 Å². The number of benzene rings is 1. The molecule has 2 aliphatic rings. The van der Waals surface area contributed by atoms with E-state index in [9.17, 15) is 22.8 Å². The Morgan fingerprint density at radius 2 is 1.71 bits per heavy atom. The SMILES string of the molecule is CCOC(=O)C1(C(=O)OCC)C[C@@H]2CON=C2[C@@H]1c1ccc(C(F)(F)F)cc1. The number of halogens is 3. The molecule has 1 aliphatic heterocycles. The number of ether oxygens (including phenoxy) is 2. The molecule has 28 heavy (non-hydrogen) atoms. The van der Waals surface area contributed by atoms with Crippen molar-refractivity contribution in [2.75, 3.05) is 19.8 Å². The number of carbonyl (C=O) groups excluding carboxylic acids is 2. The zero-order chi connectivity index (χ0) is 20.5. The second-order valence-corrected chi connectivity index (χ2v) is 6.68. The first-order valence-electron chi connectivity index (χ1n) is 8.97. The number of fused-ring (bicyclic) bond motifs is 1. The van der Waals surface area contributed by atoms with Crippen LogP contribution >= 0.6 is 0 Å². The minimum Gasteiger partial charge on any atom is -0.465 e. The first-order valence-corrected chi connectivity index (χ1v) is 8.97. The fourth-order valence-electron chi connectivity index (χ4n) is 3.90. The van der Waals surface area contributed by atoms with Crippen LogP contribution < -0.4 is 0 Å². The van der Waals surface area contributed by atoms with Gasteiger partial charge in [-0.05, 0) is 38.0 Å². The smallest absolute Gasteiger partial charge is 0.416 e. The van der Waals surface area contributed by atoms with E-state index in [1.165, 1.54) is 12.1 Å². The van der Waals surface area contributed by atoms with Crippen LogP contribution in [0.2, 0.25) is 0 Å². The minimum atomic E-state index is -4.50. The largest absolute Gasteiger partial charge is 0.465 e. The van der Waals surface area contributed by atoms with Crippen molar-refractivity contribution in [1.29, 1.82) is 0 Å². The van der Waals surface area contributed by atoms with E-state index in [4.69, 9.17) is 14.3 Å². The lowest BCUT2D eigenvalue weighted by atomic mass is 9.73. The van der Waals surface area contributed by atoms with Gasteiger partial charge in [0.25, 0.3) is 0 Å². The molecule has 0 amide bonds. The van der Waals surface area contributed by atoms with Crippen molar-refractivity contribution >= 4 is 17.7 Å². The summed E-state index contributed by atoms with van der Waals surface area (Å²) >= 11 is 0. The summed E-state index contributed by atoms with van der Waals surface area (Å²) in [5.74, 6) is -2.77. The van der Waals surface area contributed by atoms with E-state index in [-0.39, 0.29) is 32.2 Å². The van der Waals surface area contributed by atoms with Gasteiger partial charge >= 0.3 is 18.1 Å². The summed E-state index contributed by atoms with van der Waals surface area (Å²) in [6.45, 7) is 3.51. The first kappa shape index (κ1) is 20.2. The van der Waals surface area contributed by atoms with Crippen LogP contribution in [0.5, 0.6) is 0 Å². The molecule has 152 valence electrons. The Bertz CT molecular complexity index is 770. The number of hydrogen-bond acceptors (Lipinski definition) is 6. The zero-order valence-corrected chi connectivity index (χ0v) is 15.4. The van der Waals surface area contributed by atoms with Crippen molar-refractivity contribution in [2.24, 2.45) is 16.5 Å². The highest BCUT2D eigenvalue weighted by atomic mass is 19.4. The quantitative estimate of drug-likeness (QED) is 0.561. The molecular weight excluding hydrogens is 379 g/mol. The monoisotopic (exact) mass is 399 g/mol. The average molecular weight is 399 g/mol. The maximum absolute atomic E-state index is 12.9. The van der Waals surface area contributed by atoms with Gasteiger partial charge in [-0.3, -0.25) is 9.59 Å². The maximum Gasteiger partial charge on any atom is 0.416 e. The predicted molar refractivity (Wildman–Crippen MR) is 91.4 cm³/mol. The summed E-state index contributed by atoms with van der Waals surface area (Å²) in [6, 6.07) is 4.34. The molecule has 1 saturated carbocycles. The first-order chi connectivity index (χ1) is 13.3. The molecule has 0 radical (unpaired) electrons. The number of rotatable bonds is 5. The average Bonchev–Trinajstić information content (AvgIpc) is 3.20. The van der Waals surface area contributed by atoms with Crippen LogP contribution in [0.1, 0.15) is 37.3 Å². The van der Waals surface area contributed by atoms with E-state index < -0.39 is 35.0 Å². The van der Waals surface area contributed by atoms with Crippen molar-refractivity contribution in [3.63, 3.8) is 0 Å². The summed E-state index contributed by atoms with van der Waals surface area (Å²) in [6.07, 6.45) is -4.43. The van der Waals surface area contributed by atoms with Crippen LogP contribution in [0, 0.1) is 11.3 Å². The molecule has 0 N–H and O–H groups in total.